The highest BCUT2D eigenvalue weighted by atomic mass is 32.1. The Hall–Kier alpha value is -2.18. The Morgan fingerprint density at radius 2 is 1.95 bits per heavy atom. The summed E-state index contributed by atoms with van der Waals surface area (Å²) in [4.78, 5) is 23.1. The van der Waals surface area contributed by atoms with Gasteiger partial charge in [-0.05, 0) is 23.9 Å². The first-order chi connectivity index (χ1) is 10.1. The van der Waals surface area contributed by atoms with Crippen molar-refractivity contribution in [3.05, 3.63) is 52.9 Å². The van der Waals surface area contributed by atoms with Gasteiger partial charge in [-0.3, -0.25) is 9.59 Å². The van der Waals surface area contributed by atoms with Crippen molar-refractivity contribution in [2.75, 3.05) is 11.9 Å². The molecule has 6 heteroatoms. The molecule has 0 saturated heterocycles. The number of nitrogens with two attached hydrogens (primary N) is 1. The lowest BCUT2D eigenvalue weighted by Crippen LogP contribution is -2.30. The third kappa shape index (κ3) is 4.14. The van der Waals surface area contributed by atoms with Crippen LogP contribution in [0.15, 0.2) is 41.8 Å². The van der Waals surface area contributed by atoms with Gasteiger partial charge in [-0.2, -0.15) is 0 Å². The van der Waals surface area contributed by atoms with Gasteiger partial charge in [0.25, 0.3) is 5.91 Å². The molecule has 4 N–H and O–H groups in total. The Balaban J connectivity index is 1.88. The lowest BCUT2D eigenvalue weighted by Gasteiger charge is -2.13. The Morgan fingerprint density at radius 3 is 2.62 bits per heavy atom. The molecule has 2 amide bonds. The summed E-state index contributed by atoms with van der Waals surface area (Å²) in [5.41, 5.74) is 6.68. The van der Waals surface area contributed by atoms with Gasteiger partial charge in [0.15, 0.2) is 0 Å². The van der Waals surface area contributed by atoms with E-state index < -0.39 is 5.91 Å². The number of carbonyl (C=O) groups is 2. The van der Waals surface area contributed by atoms with Crippen molar-refractivity contribution in [3.8, 4) is 0 Å². The molecule has 0 aliphatic rings. The number of nitrogens with one attached hydrogen (secondary N) is 2. The molecule has 0 saturated carbocycles. The smallest absolute Gasteiger partial charge is 0.251 e. The third-order valence-electron chi connectivity index (χ3n) is 3.05. The second-order valence-electron chi connectivity index (χ2n) is 4.59. The molecule has 0 aliphatic carbocycles. The molecule has 0 aliphatic heterocycles. The largest absolute Gasteiger partial charge is 0.366 e. The molecule has 2 rings (SSSR count). The average Bonchev–Trinajstić information content (AvgIpc) is 2.94. The normalized spacial score (nSPS) is 11.9. The summed E-state index contributed by atoms with van der Waals surface area (Å²) in [7, 11) is 0. The minimum absolute atomic E-state index is 0.0656. The highest BCUT2D eigenvalue weighted by Crippen LogP contribution is 2.22. The highest BCUT2D eigenvalue weighted by Gasteiger charge is 2.13. The van der Waals surface area contributed by atoms with Gasteiger partial charge in [-0.25, -0.2) is 0 Å². The Kier molecular flexibility index (Phi) is 5.08. The van der Waals surface area contributed by atoms with Crippen LogP contribution in [0.3, 0.4) is 0 Å². The summed E-state index contributed by atoms with van der Waals surface area (Å²) in [6, 6.07) is 11.5. The van der Waals surface area contributed by atoms with Gasteiger partial charge < -0.3 is 16.4 Å². The molecule has 110 valence electrons. The van der Waals surface area contributed by atoms with Crippen LogP contribution in [0.25, 0.3) is 0 Å². The van der Waals surface area contributed by atoms with Crippen LogP contribution in [0.5, 0.6) is 0 Å². The predicted molar refractivity (Wildman–Crippen MR) is 84.3 cm³/mol. The lowest BCUT2D eigenvalue weighted by molar-refractivity contribution is -0.115. The van der Waals surface area contributed by atoms with E-state index in [0.717, 1.165) is 5.56 Å². The molecule has 2 aromatic rings. The van der Waals surface area contributed by atoms with E-state index in [1.807, 2.05) is 37.3 Å². The van der Waals surface area contributed by atoms with Crippen LogP contribution in [-0.4, -0.2) is 18.4 Å². The van der Waals surface area contributed by atoms with Crippen LogP contribution in [-0.2, 0) is 4.79 Å². The first-order valence-corrected chi connectivity index (χ1v) is 7.41. The molecule has 0 radical (unpaired) electrons. The van der Waals surface area contributed by atoms with Crippen LogP contribution >= 0.6 is 11.3 Å². The number of rotatable bonds is 6. The van der Waals surface area contributed by atoms with E-state index in [0.29, 0.717) is 10.6 Å². The van der Waals surface area contributed by atoms with E-state index in [-0.39, 0.29) is 18.5 Å². The fourth-order valence-electron chi connectivity index (χ4n) is 1.88. The number of primary amides is 1. The van der Waals surface area contributed by atoms with Gasteiger partial charge in [0.2, 0.25) is 5.91 Å². The van der Waals surface area contributed by atoms with Crippen molar-refractivity contribution in [1.82, 2.24) is 5.32 Å². The fourth-order valence-corrected chi connectivity index (χ4v) is 2.68. The molecular weight excluding hydrogens is 286 g/mol. The van der Waals surface area contributed by atoms with E-state index in [2.05, 4.69) is 10.6 Å². The third-order valence-corrected chi connectivity index (χ3v) is 3.88. The number of anilines is 1. The minimum atomic E-state index is -0.544. The SMILES string of the molecule is C[C@H](NCC(=O)Nc1sccc1C(N)=O)c1ccccc1. The number of hydrogen-bond donors (Lipinski definition) is 3. The van der Waals surface area contributed by atoms with E-state index in [1.165, 1.54) is 11.3 Å². The molecule has 0 spiro atoms. The second-order valence-corrected chi connectivity index (χ2v) is 5.51. The molecule has 0 fully saturated rings. The van der Waals surface area contributed by atoms with Crippen molar-refractivity contribution >= 4 is 28.2 Å². The van der Waals surface area contributed by atoms with Crippen molar-refractivity contribution in [2.24, 2.45) is 5.73 Å². The van der Waals surface area contributed by atoms with E-state index in [9.17, 15) is 9.59 Å². The number of carbonyl (C=O) groups excluding carboxylic acids is 2. The van der Waals surface area contributed by atoms with Crippen molar-refractivity contribution in [3.63, 3.8) is 0 Å². The van der Waals surface area contributed by atoms with E-state index in [4.69, 9.17) is 5.73 Å². The predicted octanol–water partition coefficient (Wildman–Crippen LogP) is 2.14. The van der Waals surface area contributed by atoms with Gasteiger partial charge in [0, 0.05) is 6.04 Å². The zero-order valence-electron chi connectivity index (χ0n) is 11.6. The zero-order valence-corrected chi connectivity index (χ0v) is 12.4. The Morgan fingerprint density at radius 1 is 1.24 bits per heavy atom. The van der Waals surface area contributed by atoms with Gasteiger partial charge >= 0.3 is 0 Å². The monoisotopic (exact) mass is 303 g/mol. The molecule has 1 aromatic heterocycles. The van der Waals surface area contributed by atoms with Crippen molar-refractivity contribution in [2.45, 2.75) is 13.0 Å². The summed E-state index contributed by atoms with van der Waals surface area (Å²) >= 11 is 1.28. The summed E-state index contributed by atoms with van der Waals surface area (Å²) < 4.78 is 0. The van der Waals surface area contributed by atoms with E-state index in [1.54, 1.807) is 11.4 Å². The molecule has 1 atom stereocenters. The summed E-state index contributed by atoms with van der Waals surface area (Å²) in [5, 5.41) is 8.04. The lowest BCUT2D eigenvalue weighted by atomic mass is 10.1. The summed E-state index contributed by atoms with van der Waals surface area (Å²) in [5.74, 6) is -0.750. The molecule has 1 aromatic carbocycles. The highest BCUT2D eigenvalue weighted by molar-refractivity contribution is 7.14. The van der Waals surface area contributed by atoms with Crippen molar-refractivity contribution < 1.29 is 9.59 Å². The Labute approximate surface area is 127 Å². The van der Waals surface area contributed by atoms with Crippen LogP contribution in [0.1, 0.15) is 28.9 Å². The molecule has 1 heterocycles. The first kappa shape index (κ1) is 15.2. The maximum Gasteiger partial charge on any atom is 0.251 e. The fraction of sp³-hybridized carbons (Fsp3) is 0.200. The quantitative estimate of drug-likeness (QED) is 0.764. The molecule has 0 unspecified atom stereocenters. The molecule has 21 heavy (non-hydrogen) atoms. The van der Waals surface area contributed by atoms with E-state index >= 15 is 0 Å². The molecule has 0 bridgehead atoms. The molecule has 5 nitrogen and oxygen atoms in total. The number of amides is 2. The second kappa shape index (κ2) is 7.01. The minimum Gasteiger partial charge on any atom is -0.366 e. The van der Waals surface area contributed by atoms with Crippen LogP contribution < -0.4 is 16.4 Å². The van der Waals surface area contributed by atoms with Crippen molar-refractivity contribution in [1.29, 1.82) is 0 Å². The summed E-state index contributed by atoms with van der Waals surface area (Å²) in [6.45, 7) is 2.15. The number of benzene rings is 1. The summed E-state index contributed by atoms with van der Waals surface area (Å²) in [6.07, 6.45) is 0. The number of hydrogen-bond acceptors (Lipinski definition) is 4. The van der Waals surface area contributed by atoms with Gasteiger partial charge in [0.05, 0.1) is 12.1 Å². The molecular formula is C15H17N3O2S. The standard InChI is InChI=1S/C15H17N3O2S/c1-10(11-5-3-2-4-6-11)17-9-13(19)18-15-12(14(16)20)7-8-21-15/h2-8,10,17H,9H2,1H3,(H2,16,20)(H,18,19)/t10-/m0/s1. The maximum absolute atomic E-state index is 11.9. The maximum atomic E-state index is 11.9. The van der Waals surface area contributed by atoms with Gasteiger partial charge in [0.1, 0.15) is 5.00 Å². The van der Waals surface area contributed by atoms with Crippen LogP contribution in [0.2, 0.25) is 0 Å². The van der Waals surface area contributed by atoms with Crippen LogP contribution in [0.4, 0.5) is 5.00 Å². The van der Waals surface area contributed by atoms with Crippen LogP contribution in [0, 0.1) is 0 Å². The number of thiophene rings is 1. The Bertz CT molecular complexity index is 625. The topological polar surface area (TPSA) is 84.2 Å². The first-order valence-electron chi connectivity index (χ1n) is 6.53. The van der Waals surface area contributed by atoms with Gasteiger partial charge in [-0.15, -0.1) is 11.3 Å². The zero-order chi connectivity index (χ0) is 15.2. The van der Waals surface area contributed by atoms with Gasteiger partial charge in [-0.1, -0.05) is 30.3 Å². The average molecular weight is 303 g/mol.